The van der Waals surface area contributed by atoms with E-state index in [0.717, 1.165) is 10.9 Å². The molecule has 0 saturated carbocycles. The maximum Gasteiger partial charge on any atom is 0.342 e. The first-order valence-corrected chi connectivity index (χ1v) is 8.28. The zero-order valence-electron chi connectivity index (χ0n) is 14.5. The van der Waals surface area contributed by atoms with E-state index in [-0.39, 0.29) is 22.6 Å². The number of aryl methyl sites for hydroxylation is 1. The molecule has 2 heterocycles. The number of ether oxygens (including phenoxy) is 1. The average molecular weight is 373 g/mol. The summed E-state index contributed by atoms with van der Waals surface area (Å²) in [6.07, 6.45) is 2.86. The van der Waals surface area contributed by atoms with Crippen LogP contribution >= 0.6 is 11.6 Å². The Bertz CT molecular complexity index is 1030. The third-order valence-corrected chi connectivity index (χ3v) is 4.05. The van der Waals surface area contributed by atoms with Crippen molar-refractivity contribution in [2.45, 2.75) is 20.0 Å². The van der Waals surface area contributed by atoms with Crippen LogP contribution in [-0.4, -0.2) is 32.5 Å². The van der Waals surface area contributed by atoms with Gasteiger partial charge in [0.1, 0.15) is 5.56 Å². The Hall–Kier alpha value is -2.93. The van der Waals surface area contributed by atoms with Gasteiger partial charge in [0.25, 0.3) is 0 Å². The highest BCUT2D eigenvalue weighted by atomic mass is 35.5. The fraction of sp³-hybridized carbons (Fsp3) is 0.222. The first-order chi connectivity index (χ1) is 12.3. The predicted molar refractivity (Wildman–Crippen MR) is 98.0 cm³/mol. The number of amides is 1. The summed E-state index contributed by atoms with van der Waals surface area (Å²) in [6, 6.07) is 5.15. The molecule has 134 valence electrons. The van der Waals surface area contributed by atoms with Gasteiger partial charge in [0, 0.05) is 41.5 Å². The highest BCUT2D eigenvalue weighted by Crippen LogP contribution is 2.32. The van der Waals surface area contributed by atoms with Gasteiger partial charge in [0.2, 0.25) is 11.2 Å². The molecular weight excluding hydrogens is 356 g/mol. The Balaban J connectivity index is 2.31. The lowest BCUT2D eigenvalue weighted by atomic mass is 10.00. The Morgan fingerprint density at radius 3 is 2.69 bits per heavy atom. The van der Waals surface area contributed by atoms with E-state index in [4.69, 9.17) is 22.1 Å². The molecule has 3 aromatic rings. The van der Waals surface area contributed by atoms with Gasteiger partial charge >= 0.3 is 5.97 Å². The minimum atomic E-state index is -0.583. The van der Waals surface area contributed by atoms with Crippen LogP contribution < -0.4 is 5.73 Å². The van der Waals surface area contributed by atoms with Crippen molar-refractivity contribution >= 4 is 34.4 Å². The number of hydrogen-bond donors (Lipinski definition) is 1. The third-order valence-electron chi connectivity index (χ3n) is 3.86. The van der Waals surface area contributed by atoms with Crippen LogP contribution in [0.3, 0.4) is 0 Å². The van der Waals surface area contributed by atoms with Gasteiger partial charge in [-0.05, 0) is 43.6 Å². The molecule has 8 heteroatoms. The fourth-order valence-corrected chi connectivity index (χ4v) is 2.84. The molecule has 2 aromatic heterocycles. The number of esters is 1. The summed E-state index contributed by atoms with van der Waals surface area (Å²) in [5.74, 6) is -1.15. The molecule has 2 N–H and O–H groups in total. The fourth-order valence-electron chi connectivity index (χ4n) is 2.70. The van der Waals surface area contributed by atoms with Gasteiger partial charge in [-0.2, -0.15) is 0 Å². The Morgan fingerprint density at radius 2 is 2.04 bits per heavy atom. The maximum atomic E-state index is 12.5. The molecule has 0 spiro atoms. The van der Waals surface area contributed by atoms with E-state index < -0.39 is 11.9 Å². The lowest BCUT2D eigenvalue weighted by Crippen LogP contribution is -2.14. The zero-order chi connectivity index (χ0) is 19.0. The second-order valence-electron chi connectivity index (χ2n) is 6.10. The minimum Gasteiger partial charge on any atom is -0.459 e. The number of carbonyl (C=O) groups is 2. The Kier molecular flexibility index (Phi) is 4.65. The lowest BCUT2D eigenvalue weighted by molar-refractivity contribution is 0.0378. The minimum absolute atomic E-state index is 0.0188. The lowest BCUT2D eigenvalue weighted by Gasteiger charge is -2.13. The number of fused-ring (bicyclic) bond motifs is 1. The summed E-state index contributed by atoms with van der Waals surface area (Å²) in [5, 5.41) is 0.778. The van der Waals surface area contributed by atoms with Crippen LogP contribution in [0.4, 0.5) is 0 Å². The molecular formula is C18H17ClN4O3. The molecule has 1 amide bonds. The smallest absolute Gasteiger partial charge is 0.342 e. The van der Waals surface area contributed by atoms with Crippen molar-refractivity contribution in [3.63, 3.8) is 0 Å². The largest absolute Gasteiger partial charge is 0.459 e. The van der Waals surface area contributed by atoms with Crippen molar-refractivity contribution in [2.24, 2.45) is 12.8 Å². The van der Waals surface area contributed by atoms with Crippen LogP contribution in [0, 0.1) is 0 Å². The number of nitrogens with two attached hydrogens (primary N) is 1. The van der Waals surface area contributed by atoms with E-state index in [1.807, 2.05) is 23.9 Å². The second kappa shape index (κ2) is 6.76. The van der Waals surface area contributed by atoms with Crippen molar-refractivity contribution in [2.75, 3.05) is 0 Å². The van der Waals surface area contributed by atoms with Crippen molar-refractivity contribution in [1.82, 2.24) is 14.5 Å². The summed E-state index contributed by atoms with van der Waals surface area (Å²) in [6.45, 7) is 3.49. The summed E-state index contributed by atoms with van der Waals surface area (Å²) in [5.41, 5.74) is 7.54. The average Bonchev–Trinajstić information content (AvgIpc) is 2.94. The van der Waals surface area contributed by atoms with E-state index >= 15 is 0 Å². The first kappa shape index (κ1) is 17.9. The molecule has 0 bridgehead atoms. The molecule has 0 saturated heterocycles. The van der Waals surface area contributed by atoms with E-state index in [0.29, 0.717) is 11.1 Å². The van der Waals surface area contributed by atoms with Crippen LogP contribution in [0.2, 0.25) is 5.28 Å². The Labute approximate surface area is 154 Å². The van der Waals surface area contributed by atoms with Crippen LogP contribution in [0.15, 0.2) is 30.6 Å². The van der Waals surface area contributed by atoms with Crippen LogP contribution in [0.5, 0.6) is 0 Å². The van der Waals surface area contributed by atoms with Crippen molar-refractivity contribution in [3.8, 4) is 11.3 Å². The Morgan fingerprint density at radius 1 is 1.31 bits per heavy atom. The highest BCUT2D eigenvalue weighted by Gasteiger charge is 2.21. The molecule has 0 radical (unpaired) electrons. The summed E-state index contributed by atoms with van der Waals surface area (Å²) in [7, 11) is 1.85. The van der Waals surface area contributed by atoms with Gasteiger partial charge < -0.3 is 15.0 Å². The maximum absolute atomic E-state index is 12.5. The number of hydrogen-bond acceptors (Lipinski definition) is 5. The quantitative estimate of drug-likeness (QED) is 0.560. The molecule has 0 fully saturated rings. The predicted octanol–water partition coefficient (Wildman–Crippen LogP) is 2.95. The van der Waals surface area contributed by atoms with Gasteiger partial charge in [0.05, 0.1) is 11.8 Å². The molecule has 0 atom stereocenters. The number of nitrogens with zero attached hydrogens (tertiary/aromatic N) is 3. The SMILES string of the molecule is CC(C)OC(=O)c1cnc(Cl)nc1-c1cc(C(N)=O)cc2c1ccn2C. The van der Waals surface area contributed by atoms with Crippen molar-refractivity contribution < 1.29 is 14.3 Å². The molecule has 0 aliphatic carbocycles. The molecule has 7 nitrogen and oxygen atoms in total. The second-order valence-corrected chi connectivity index (χ2v) is 6.44. The molecule has 0 aliphatic rings. The van der Waals surface area contributed by atoms with E-state index in [9.17, 15) is 9.59 Å². The van der Waals surface area contributed by atoms with E-state index in [2.05, 4.69) is 9.97 Å². The molecule has 26 heavy (non-hydrogen) atoms. The monoisotopic (exact) mass is 372 g/mol. The van der Waals surface area contributed by atoms with Gasteiger partial charge in [0.15, 0.2) is 0 Å². The molecule has 0 aliphatic heterocycles. The van der Waals surface area contributed by atoms with Gasteiger partial charge in [-0.1, -0.05) is 0 Å². The van der Waals surface area contributed by atoms with Gasteiger partial charge in [-0.3, -0.25) is 4.79 Å². The number of rotatable bonds is 4. The third kappa shape index (κ3) is 3.25. The van der Waals surface area contributed by atoms with E-state index in [1.165, 1.54) is 6.20 Å². The summed E-state index contributed by atoms with van der Waals surface area (Å²) >= 11 is 5.96. The van der Waals surface area contributed by atoms with Crippen LogP contribution in [0.25, 0.3) is 22.2 Å². The van der Waals surface area contributed by atoms with E-state index in [1.54, 1.807) is 26.0 Å². The topological polar surface area (TPSA) is 100 Å². The van der Waals surface area contributed by atoms with Crippen LogP contribution in [0.1, 0.15) is 34.6 Å². The normalized spacial score (nSPS) is 11.1. The molecule has 0 unspecified atom stereocenters. The standard InChI is InChI=1S/C18H17ClN4O3/c1-9(2)26-17(25)13-8-21-18(19)22-15(13)12-6-10(16(20)24)7-14-11(12)4-5-23(14)3/h4-9H,1-3H3,(H2,20,24). The summed E-state index contributed by atoms with van der Waals surface area (Å²) in [4.78, 5) is 32.4. The van der Waals surface area contributed by atoms with Crippen molar-refractivity contribution in [3.05, 3.63) is 47.0 Å². The highest BCUT2D eigenvalue weighted by molar-refractivity contribution is 6.28. The van der Waals surface area contributed by atoms with Gasteiger partial charge in [-0.15, -0.1) is 0 Å². The van der Waals surface area contributed by atoms with Gasteiger partial charge in [-0.25, -0.2) is 14.8 Å². The molecule has 1 aromatic carbocycles. The molecule has 3 rings (SSSR count). The number of primary amides is 1. The van der Waals surface area contributed by atoms with Crippen molar-refractivity contribution in [1.29, 1.82) is 0 Å². The number of carbonyl (C=O) groups excluding carboxylic acids is 2. The van der Waals surface area contributed by atoms with Crippen LogP contribution in [-0.2, 0) is 11.8 Å². The number of benzene rings is 1. The number of aromatic nitrogens is 3. The summed E-state index contributed by atoms with van der Waals surface area (Å²) < 4.78 is 7.12. The number of halogens is 1. The first-order valence-electron chi connectivity index (χ1n) is 7.90. The zero-order valence-corrected chi connectivity index (χ0v) is 15.2.